The molecule has 2 amide bonds. The molecule has 4 rings (SSSR count). The van der Waals surface area contributed by atoms with E-state index in [1.54, 1.807) is 9.80 Å². The minimum Gasteiger partial charge on any atom is -0.378 e. The molecule has 1 heterocycles. The van der Waals surface area contributed by atoms with Gasteiger partial charge in [-0.3, -0.25) is 14.5 Å². The van der Waals surface area contributed by atoms with Gasteiger partial charge in [0.25, 0.3) is 5.91 Å². The van der Waals surface area contributed by atoms with Gasteiger partial charge in [-0.05, 0) is 61.7 Å². The maximum absolute atomic E-state index is 13.9. The number of nitrogens with zero attached hydrogens (tertiary/aromatic N) is 3. The van der Waals surface area contributed by atoms with Crippen LogP contribution in [0.4, 0.5) is 17.1 Å². The monoisotopic (exact) mass is 427 g/mol. The van der Waals surface area contributed by atoms with Crippen LogP contribution in [-0.2, 0) is 9.59 Å². The largest absolute Gasteiger partial charge is 0.378 e. The number of hydrogen-bond acceptors (Lipinski definition) is 3. The molecular formula is C27H29N3O2. The zero-order chi connectivity index (χ0) is 23.0. The van der Waals surface area contributed by atoms with E-state index in [-0.39, 0.29) is 18.4 Å². The number of rotatable bonds is 4. The molecule has 0 radical (unpaired) electrons. The highest BCUT2D eigenvalue weighted by Crippen LogP contribution is 2.37. The zero-order valence-electron chi connectivity index (χ0n) is 19.3. The van der Waals surface area contributed by atoms with Gasteiger partial charge in [0.2, 0.25) is 5.91 Å². The van der Waals surface area contributed by atoms with Crippen LogP contribution in [0.5, 0.6) is 0 Å². The number of aryl methyl sites for hydroxylation is 3. The van der Waals surface area contributed by atoms with E-state index in [9.17, 15) is 9.59 Å². The van der Waals surface area contributed by atoms with E-state index in [1.165, 1.54) is 0 Å². The second-order valence-corrected chi connectivity index (χ2v) is 8.65. The van der Waals surface area contributed by atoms with Crippen molar-refractivity contribution in [3.8, 4) is 0 Å². The van der Waals surface area contributed by atoms with Gasteiger partial charge in [0.1, 0.15) is 12.6 Å². The Bertz CT molecular complexity index is 1170. The molecule has 0 aromatic heterocycles. The minimum atomic E-state index is -0.728. The van der Waals surface area contributed by atoms with E-state index < -0.39 is 6.04 Å². The number of piperazine rings is 1. The molecule has 0 saturated carbocycles. The molecule has 0 N–H and O–H groups in total. The Morgan fingerprint density at radius 3 is 2.12 bits per heavy atom. The smallest absolute Gasteiger partial charge is 0.255 e. The highest BCUT2D eigenvalue weighted by atomic mass is 16.2. The first-order chi connectivity index (χ1) is 15.3. The summed E-state index contributed by atoms with van der Waals surface area (Å²) in [6.07, 6.45) is 0. The van der Waals surface area contributed by atoms with Crippen molar-refractivity contribution < 1.29 is 9.59 Å². The predicted octanol–water partition coefficient (Wildman–Crippen LogP) is 4.80. The van der Waals surface area contributed by atoms with Crippen molar-refractivity contribution in [1.82, 2.24) is 0 Å². The van der Waals surface area contributed by atoms with Crippen LogP contribution in [0.3, 0.4) is 0 Å². The molecule has 5 heteroatoms. The molecular weight excluding hydrogens is 398 g/mol. The first-order valence-electron chi connectivity index (χ1n) is 10.8. The lowest BCUT2D eigenvalue weighted by atomic mass is 9.97. The van der Waals surface area contributed by atoms with Gasteiger partial charge in [0.05, 0.1) is 0 Å². The summed E-state index contributed by atoms with van der Waals surface area (Å²) < 4.78 is 0. The lowest BCUT2D eigenvalue weighted by molar-refractivity contribution is -0.128. The van der Waals surface area contributed by atoms with E-state index in [1.807, 2.05) is 106 Å². The molecule has 32 heavy (non-hydrogen) atoms. The Balaban J connectivity index is 1.85. The van der Waals surface area contributed by atoms with Crippen molar-refractivity contribution in [3.05, 3.63) is 89.0 Å². The lowest BCUT2D eigenvalue weighted by Gasteiger charge is -2.41. The highest BCUT2D eigenvalue weighted by molar-refractivity contribution is 6.15. The lowest BCUT2D eigenvalue weighted by Crippen LogP contribution is -2.56. The standard InChI is InChI=1S/C27H29N3O2/c1-18-10-15-24(20(3)16-18)30-25(31)17-29(23-9-7-6-8-19(23)2)27(32)26(30)21-11-13-22(14-12-21)28(4)5/h6-16,26H,17H2,1-5H3/t26-/m1/s1. The molecule has 1 aliphatic rings. The normalized spacial score (nSPS) is 16.5. The van der Waals surface area contributed by atoms with Gasteiger partial charge in [-0.1, -0.05) is 48.0 Å². The molecule has 5 nitrogen and oxygen atoms in total. The molecule has 3 aromatic rings. The maximum atomic E-state index is 13.9. The maximum Gasteiger partial charge on any atom is 0.255 e. The second-order valence-electron chi connectivity index (χ2n) is 8.65. The molecule has 1 saturated heterocycles. The number of hydrogen-bond donors (Lipinski definition) is 0. The summed E-state index contributed by atoms with van der Waals surface area (Å²) >= 11 is 0. The highest BCUT2D eigenvalue weighted by Gasteiger charge is 2.42. The number of benzene rings is 3. The fourth-order valence-corrected chi connectivity index (χ4v) is 4.36. The zero-order valence-corrected chi connectivity index (χ0v) is 19.3. The van der Waals surface area contributed by atoms with E-state index in [4.69, 9.17) is 0 Å². The topological polar surface area (TPSA) is 43.9 Å². The fourth-order valence-electron chi connectivity index (χ4n) is 4.36. The number of carbonyl (C=O) groups is 2. The molecule has 0 unspecified atom stereocenters. The van der Waals surface area contributed by atoms with Crippen LogP contribution >= 0.6 is 0 Å². The third-order valence-corrected chi connectivity index (χ3v) is 6.06. The van der Waals surface area contributed by atoms with Gasteiger partial charge in [-0.2, -0.15) is 0 Å². The Morgan fingerprint density at radius 1 is 0.812 bits per heavy atom. The van der Waals surface area contributed by atoms with Crippen molar-refractivity contribution in [2.75, 3.05) is 35.3 Å². The van der Waals surface area contributed by atoms with Crippen molar-refractivity contribution in [1.29, 1.82) is 0 Å². The number of para-hydroxylation sites is 1. The summed E-state index contributed by atoms with van der Waals surface area (Å²) in [4.78, 5) is 32.8. The number of carbonyl (C=O) groups excluding carboxylic acids is 2. The van der Waals surface area contributed by atoms with E-state index >= 15 is 0 Å². The summed E-state index contributed by atoms with van der Waals surface area (Å²) in [5.74, 6) is -0.196. The summed E-state index contributed by atoms with van der Waals surface area (Å²) in [6.45, 7) is 5.99. The molecule has 3 aromatic carbocycles. The molecule has 0 bridgehead atoms. The fraction of sp³-hybridized carbons (Fsp3) is 0.259. The minimum absolute atomic E-state index is 0.0171. The van der Waals surface area contributed by atoms with Crippen LogP contribution in [0.15, 0.2) is 66.7 Å². The third-order valence-electron chi connectivity index (χ3n) is 6.06. The molecule has 0 aliphatic carbocycles. The quantitative estimate of drug-likeness (QED) is 0.601. The average Bonchev–Trinajstić information content (AvgIpc) is 2.76. The van der Waals surface area contributed by atoms with E-state index in [0.29, 0.717) is 0 Å². The average molecular weight is 428 g/mol. The van der Waals surface area contributed by atoms with Crippen molar-refractivity contribution in [2.45, 2.75) is 26.8 Å². The van der Waals surface area contributed by atoms with Gasteiger partial charge in [0.15, 0.2) is 0 Å². The summed E-state index contributed by atoms with van der Waals surface area (Å²) in [7, 11) is 3.96. The molecule has 164 valence electrons. The first-order valence-corrected chi connectivity index (χ1v) is 10.8. The Morgan fingerprint density at radius 2 is 1.50 bits per heavy atom. The van der Waals surface area contributed by atoms with Crippen LogP contribution in [-0.4, -0.2) is 32.5 Å². The van der Waals surface area contributed by atoms with E-state index in [0.717, 1.165) is 39.3 Å². The molecule has 1 atom stereocenters. The SMILES string of the molecule is Cc1ccc(N2C(=O)CN(c3ccccc3C)C(=O)[C@H]2c2ccc(N(C)C)cc2)c(C)c1. The van der Waals surface area contributed by atoms with Gasteiger partial charge in [-0.25, -0.2) is 0 Å². The number of anilines is 3. The Kier molecular flexibility index (Phi) is 5.74. The van der Waals surface area contributed by atoms with Crippen molar-refractivity contribution in [2.24, 2.45) is 0 Å². The Hall–Kier alpha value is -3.60. The van der Waals surface area contributed by atoms with Gasteiger partial charge in [0, 0.05) is 31.2 Å². The third kappa shape index (κ3) is 3.86. The summed E-state index contributed by atoms with van der Waals surface area (Å²) in [5, 5.41) is 0. The molecule has 1 aliphatic heterocycles. The summed E-state index contributed by atoms with van der Waals surface area (Å²) in [5.41, 5.74) is 6.46. The number of amides is 2. The van der Waals surface area contributed by atoms with Crippen LogP contribution in [0.1, 0.15) is 28.3 Å². The van der Waals surface area contributed by atoms with Crippen LogP contribution in [0.2, 0.25) is 0 Å². The van der Waals surface area contributed by atoms with Crippen molar-refractivity contribution in [3.63, 3.8) is 0 Å². The van der Waals surface area contributed by atoms with Gasteiger partial charge < -0.3 is 9.80 Å². The van der Waals surface area contributed by atoms with Gasteiger partial charge >= 0.3 is 0 Å². The first kappa shape index (κ1) is 21.6. The molecule has 0 spiro atoms. The van der Waals surface area contributed by atoms with Crippen LogP contribution in [0.25, 0.3) is 0 Å². The van der Waals surface area contributed by atoms with Crippen LogP contribution < -0.4 is 14.7 Å². The van der Waals surface area contributed by atoms with Gasteiger partial charge in [-0.15, -0.1) is 0 Å². The molecule has 1 fully saturated rings. The van der Waals surface area contributed by atoms with Crippen LogP contribution in [0, 0.1) is 20.8 Å². The Labute approximate surface area is 189 Å². The second kappa shape index (κ2) is 8.50. The van der Waals surface area contributed by atoms with Crippen molar-refractivity contribution >= 4 is 28.9 Å². The van der Waals surface area contributed by atoms with E-state index in [2.05, 4.69) is 0 Å². The predicted molar refractivity (Wildman–Crippen MR) is 130 cm³/mol. The summed E-state index contributed by atoms with van der Waals surface area (Å²) in [6, 6.07) is 20.8.